The molecule has 2 heterocycles. The minimum absolute atomic E-state index is 0.0345. The van der Waals surface area contributed by atoms with E-state index in [1.807, 2.05) is 0 Å². The maximum absolute atomic E-state index is 10.7. The second-order valence-electron chi connectivity index (χ2n) is 4.91. The van der Waals surface area contributed by atoms with Gasteiger partial charge in [0, 0.05) is 13.0 Å². The molecule has 1 atom stereocenters. The molecule has 1 unspecified atom stereocenters. The Morgan fingerprint density at radius 2 is 2.32 bits per heavy atom. The highest BCUT2D eigenvalue weighted by molar-refractivity contribution is 7.99. The second kappa shape index (κ2) is 6.38. The summed E-state index contributed by atoms with van der Waals surface area (Å²) >= 11 is 1.26. The lowest BCUT2D eigenvalue weighted by atomic mass is 10.2. The van der Waals surface area contributed by atoms with Crippen molar-refractivity contribution in [3.8, 4) is 0 Å². The van der Waals surface area contributed by atoms with E-state index >= 15 is 0 Å². The molecule has 1 aromatic heterocycles. The third-order valence-corrected chi connectivity index (χ3v) is 4.19. The largest absolute Gasteiger partial charge is 0.481 e. The van der Waals surface area contributed by atoms with Crippen molar-refractivity contribution in [3.63, 3.8) is 0 Å². The molecule has 19 heavy (non-hydrogen) atoms. The fourth-order valence-corrected chi connectivity index (χ4v) is 3.16. The Hall–Kier alpha value is -1.08. The molecule has 0 saturated carbocycles. The molecule has 1 aromatic rings. The summed E-state index contributed by atoms with van der Waals surface area (Å²) in [5.41, 5.74) is 0. The van der Waals surface area contributed by atoms with Gasteiger partial charge in [0.05, 0.1) is 11.8 Å². The summed E-state index contributed by atoms with van der Waals surface area (Å²) < 4.78 is 2.15. The number of hydrogen-bond donors (Lipinski definition) is 1. The minimum Gasteiger partial charge on any atom is -0.481 e. The zero-order chi connectivity index (χ0) is 13.8. The van der Waals surface area contributed by atoms with E-state index in [4.69, 9.17) is 5.11 Å². The van der Waals surface area contributed by atoms with Gasteiger partial charge in [-0.2, -0.15) is 0 Å². The molecule has 7 heteroatoms. The first kappa shape index (κ1) is 14.3. The number of rotatable bonds is 6. The van der Waals surface area contributed by atoms with Crippen molar-refractivity contribution in [1.29, 1.82) is 0 Å². The number of likely N-dealkylation sites (N-methyl/N-ethyl adjacent to an activating group) is 1. The van der Waals surface area contributed by atoms with Crippen LogP contribution in [0.15, 0.2) is 5.16 Å². The molecule has 1 saturated heterocycles. The number of aryl methyl sites for hydroxylation is 1. The molecule has 1 aliphatic heterocycles. The van der Waals surface area contributed by atoms with E-state index in [0.29, 0.717) is 6.04 Å². The summed E-state index contributed by atoms with van der Waals surface area (Å²) in [5, 5.41) is 17.9. The van der Waals surface area contributed by atoms with Crippen molar-refractivity contribution in [2.24, 2.45) is 0 Å². The highest BCUT2D eigenvalue weighted by atomic mass is 32.2. The van der Waals surface area contributed by atoms with Crippen LogP contribution in [0.2, 0.25) is 0 Å². The molecule has 1 fully saturated rings. The van der Waals surface area contributed by atoms with E-state index < -0.39 is 5.97 Å². The molecule has 2 rings (SSSR count). The van der Waals surface area contributed by atoms with Gasteiger partial charge in [-0.3, -0.25) is 4.79 Å². The van der Waals surface area contributed by atoms with Gasteiger partial charge < -0.3 is 14.6 Å². The van der Waals surface area contributed by atoms with E-state index in [2.05, 4.69) is 33.6 Å². The Kier molecular flexibility index (Phi) is 4.81. The Bertz CT molecular complexity index is 449. The van der Waals surface area contributed by atoms with E-state index in [0.717, 1.165) is 43.3 Å². The van der Waals surface area contributed by atoms with Crippen molar-refractivity contribution in [2.75, 3.05) is 25.9 Å². The van der Waals surface area contributed by atoms with E-state index in [1.54, 1.807) is 0 Å². The molecule has 0 aromatic carbocycles. The SMILES string of the molecule is CCCc1nnc(SCC(=O)O)n1C1CCN(C)C1. The number of carboxylic acid groups (broad SMARTS) is 1. The Morgan fingerprint density at radius 1 is 1.53 bits per heavy atom. The third-order valence-electron chi connectivity index (χ3n) is 3.27. The van der Waals surface area contributed by atoms with E-state index in [1.165, 1.54) is 11.8 Å². The maximum Gasteiger partial charge on any atom is 0.313 e. The van der Waals surface area contributed by atoms with Gasteiger partial charge >= 0.3 is 5.97 Å². The quantitative estimate of drug-likeness (QED) is 0.794. The van der Waals surface area contributed by atoms with Gasteiger partial charge in [-0.05, 0) is 26.4 Å². The fraction of sp³-hybridized carbons (Fsp3) is 0.750. The van der Waals surface area contributed by atoms with Gasteiger partial charge in [0.2, 0.25) is 0 Å². The first-order valence-electron chi connectivity index (χ1n) is 6.58. The monoisotopic (exact) mass is 284 g/mol. The Labute approximate surface area is 117 Å². The van der Waals surface area contributed by atoms with Crippen LogP contribution < -0.4 is 0 Å². The van der Waals surface area contributed by atoms with Crippen molar-refractivity contribution in [1.82, 2.24) is 19.7 Å². The first-order valence-corrected chi connectivity index (χ1v) is 7.57. The summed E-state index contributed by atoms with van der Waals surface area (Å²) in [7, 11) is 2.11. The van der Waals surface area contributed by atoms with Gasteiger partial charge in [-0.1, -0.05) is 18.7 Å². The molecule has 1 N–H and O–H groups in total. The van der Waals surface area contributed by atoms with Crippen LogP contribution in [-0.4, -0.2) is 56.6 Å². The van der Waals surface area contributed by atoms with Crippen LogP contribution in [0.5, 0.6) is 0 Å². The van der Waals surface area contributed by atoms with E-state index in [-0.39, 0.29) is 5.75 Å². The molecule has 6 nitrogen and oxygen atoms in total. The molecule has 0 spiro atoms. The number of hydrogen-bond acceptors (Lipinski definition) is 5. The van der Waals surface area contributed by atoms with Crippen molar-refractivity contribution in [2.45, 2.75) is 37.4 Å². The number of aromatic nitrogens is 3. The number of likely N-dealkylation sites (tertiary alicyclic amines) is 1. The van der Waals surface area contributed by atoms with Crippen molar-refractivity contribution >= 4 is 17.7 Å². The highest BCUT2D eigenvalue weighted by Gasteiger charge is 2.26. The van der Waals surface area contributed by atoms with E-state index in [9.17, 15) is 4.79 Å². The highest BCUT2D eigenvalue weighted by Crippen LogP contribution is 2.28. The topological polar surface area (TPSA) is 71.2 Å². The normalized spacial score (nSPS) is 20.0. The lowest BCUT2D eigenvalue weighted by molar-refractivity contribution is -0.133. The van der Waals surface area contributed by atoms with Crippen LogP contribution in [0.3, 0.4) is 0 Å². The van der Waals surface area contributed by atoms with Gasteiger partial charge in [-0.25, -0.2) is 0 Å². The predicted molar refractivity (Wildman–Crippen MR) is 73.5 cm³/mol. The van der Waals surface area contributed by atoms with Crippen LogP contribution >= 0.6 is 11.8 Å². The summed E-state index contributed by atoms with van der Waals surface area (Å²) in [6.07, 6.45) is 2.98. The van der Waals surface area contributed by atoms with Gasteiger partial charge in [0.15, 0.2) is 5.16 Å². The first-order chi connectivity index (χ1) is 9.11. The third kappa shape index (κ3) is 3.48. The lowest BCUT2D eigenvalue weighted by Gasteiger charge is -2.16. The van der Waals surface area contributed by atoms with Gasteiger partial charge in [0.1, 0.15) is 5.82 Å². The second-order valence-corrected chi connectivity index (χ2v) is 5.85. The molecule has 106 valence electrons. The Balaban J connectivity index is 2.20. The van der Waals surface area contributed by atoms with Gasteiger partial charge in [0.25, 0.3) is 0 Å². The minimum atomic E-state index is -0.819. The fourth-order valence-electron chi connectivity index (χ4n) is 2.42. The van der Waals surface area contributed by atoms with Crippen LogP contribution in [0.25, 0.3) is 0 Å². The average Bonchev–Trinajstić information content (AvgIpc) is 2.93. The number of carboxylic acids is 1. The molecule has 0 bridgehead atoms. The summed E-state index contributed by atoms with van der Waals surface area (Å²) in [6.45, 7) is 4.16. The summed E-state index contributed by atoms with van der Waals surface area (Å²) in [6, 6.07) is 0.373. The maximum atomic E-state index is 10.7. The van der Waals surface area contributed by atoms with Crippen molar-refractivity contribution in [3.05, 3.63) is 5.82 Å². The smallest absolute Gasteiger partial charge is 0.313 e. The molecule has 0 aliphatic carbocycles. The number of aliphatic carboxylic acids is 1. The standard InChI is InChI=1S/C12H20N4O2S/c1-3-4-10-13-14-12(19-8-11(17)18)16(10)9-5-6-15(2)7-9/h9H,3-8H2,1-2H3,(H,17,18). The molecule has 0 radical (unpaired) electrons. The molecular formula is C12H20N4O2S. The summed E-state index contributed by atoms with van der Waals surface area (Å²) in [5.74, 6) is 0.197. The van der Waals surface area contributed by atoms with Crippen molar-refractivity contribution < 1.29 is 9.90 Å². The Morgan fingerprint density at radius 3 is 2.89 bits per heavy atom. The number of thioether (sulfide) groups is 1. The van der Waals surface area contributed by atoms with Crippen LogP contribution in [0, 0.1) is 0 Å². The molecule has 1 aliphatic rings. The number of nitrogens with zero attached hydrogens (tertiary/aromatic N) is 4. The molecular weight excluding hydrogens is 264 g/mol. The van der Waals surface area contributed by atoms with Crippen LogP contribution in [0.1, 0.15) is 31.6 Å². The average molecular weight is 284 g/mol. The molecule has 0 amide bonds. The lowest BCUT2D eigenvalue weighted by Crippen LogP contribution is -2.19. The van der Waals surface area contributed by atoms with Gasteiger partial charge in [-0.15, -0.1) is 10.2 Å². The predicted octanol–water partition coefficient (Wildman–Crippen LogP) is 1.28. The number of carbonyl (C=O) groups is 1. The summed E-state index contributed by atoms with van der Waals surface area (Å²) in [4.78, 5) is 13.0. The zero-order valence-electron chi connectivity index (χ0n) is 11.4. The van der Waals surface area contributed by atoms with Crippen LogP contribution in [0.4, 0.5) is 0 Å². The van der Waals surface area contributed by atoms with Crippen LogP contribution in [-0.2, 0) is 11.2 Å². The zero-order valence-corrected chi connectivity index (χ0v) is 12.2.